The van der Waals surface area contributed by atoms with Crippen molar-refractivity contribution in [1.82, 2.24) is 15.8 Å². The van der Waals surface area contributed by atoms with E-state index < -0.39 is 23.7 Å². The van der Waals surface area contributed by atoms with Crippen LogP contribution in [0, 0.1) is 5.82 Å². The average Bonchev–Trinajstić information content (AvgIpc) is 3.03. The smallest absolute Gasteiger partial charge is 0.265 e. The van der Waals surface area contributed by atoms with Gasteiger partial charge in [0.1, 0.15) is 11.9 Å². The number of hydrogen-bond acceptors (Lipinski definition) is 6. The highest BCUT2D eigenvalue weighted by molar-refractivity contribution is 6.05. The van der Waals surface area contributed by atoms with Crippen molar-refractivity contribution < 1.29 is 28.2 Å². The molecule has 2 N–H and O–H groups in total. The molecular weight excluding hydrogens is 393 g/mol. The van der Waals surface area contributed by atoms with Crippen LogP contribution in [0.3, 0.4) is 0 Å². The van der Waals surface area contributed by atoms with Gasteiger partial charge in [0.25, 0.3) is 5.91 Å². The summed E-state index contributed by atoms with van der Waals surface area (Å²) in [4.78, 5) is 38.1. The van der Waals surface area contributed by atoms with Gasteiger partial charge in [0.15, 0.2) is 11.5 Å². The standard InChI is InChI=1S/C21H22FN3O5/c1-29-17-8-3-13(11-18(17)30-2)9-10-25-19(26)12-16(21(25)28)23-24-20(27)14-4-6-15(22)7-5-14/h3-8,11,16,23H,9-10,12H2,1-2H3,(H,24,27)/t16-/m1/s1. The maximum atomic E-state index is 12.9. The predicted molar refractivity (Wildman–Crippen MR) is 105 cm³/mol. The van der Waals surface area contributed by atoms with Crippen molar-refractivity contribution in [3.05, 3.63) is 59.4 Å². The van der Waals surface area contributed by atoms with E-state index in [1.54, 1.807) is 19.2 Å². The molecule has 1 saturated heterocycles. The van der Waals surface area contributed by atoms with Crippen molar-refractivity contribution in [3.63, 3.8) is 0 Å². The van der Waals surface area contributed by atoms with E-state index in [4.69, 9.17) is 9.47 Å². The van der Waals surface area contributed by atoms with E-state index in [9.17, 15) is 18.8 Å². The Labute approximate surface area is 172 Å². The molecule has 158 valence electrons. The number of methoxy groups -OCH3 is 2. The van der Waals surface area contributed by atoms with Crippen LogP contribution in [-0.2, 0) is 16.0 Å². The molecule has 0 spiro atoms. The van der Waals surface area contributed by atoms with Crippen molar-refractivity contribution in [1.29, 1.82) is 0 Å². The first-order valence-corrected chi connectivity index (χ1v) is 9.29. The molecule has 2 aromatic rings. The number of hydrazine groups is 1. The van der Waals surface area contributed by atoms with Gasteiger partial charge in [-0.2, -0.15) is 0 Å². The van der Waals surface area contributed by atoms with Gasteiger partial charge in [-0.3, -0.25) is 24.7 Å². The van der Waals surface area contributed by atoms with Crippen molar-refractivity contribution in [2.75, 3.05) is 20.8 Å². The number of rotatable bonds is 8. The first kappa shape index (κ1) is 21.3. The molecule has 3 amide bonds. The number of benzene rings is 2. The lowest BCUT2D eigenvalue weighted by Crippen LogP contribution is -2.48. The number of likely N-dealkylation sites (tertiary alicyclic amines) is 1. The SMILES string of the molecule is COc1ccc(CCN2C(=O)C[C@@H](NNC(=O)c3ccc(F)cc3)C2=O)cc1OC. The minimum absolute atomic E-state index is 0.0610. The van der Waals surface area contributed by atoms with Gasteiger partial charge in [0, 0.05) is 12.1 Å². The third kappa shape index (κ3) is 4.74. The van der Waals surface area contributed by atoms with Crippen LogP contribution >= 0.6 is 0 Å². The van der Waals surface area contributed by atoms with E-state index in [1.165, 1.54) is 24.1 Å². The van der Waals surface area contributed by atoms with E-state index in [0.717, 1.165) is 17.7 Å². The molecule has 1 aliphatic heterocycles. The molecule has 0 saturated carbocycles. The predicted octanol–water partition coefficient (Wildman–Crippen LogP) is 1.45. The van der Waals surface area contributed by atoms with Gasteiger partial charge in [0.05, 0.1) is 20.6 Å². The topological polar surface area (TPSA) is 97.0 Å². The number of ether oxygens (including phenoxy) is 2. The lowest BCUT2D eigenvalue weighted by Gasteiger charge is -2.16. The second kappa shape index (κ2) is 9.36. The summed E-state index contributed by atoms with van der Waals surface area (Å²) < 4.78 is 23.4. The van der Waals surface area contributed by atoms with Crippen LogP contribution in [0.25, 0.3) is 0 Å². The molecule has 8 nitrogen and oxygen atoms in total. The van der Waals surface area contributed by atoms with Crippen LogP contribution in [-0.4, -0.2) is 49.4 Å². The Morgan fingerprint density at radius 2 is 1.80 bits per heavy atom. The molecule has 0 radical (unpaired) electrons. The third-order valence-corrected chi connectivity index (χ3v) is 4.78. The molecule has 30 heavy (non-hydrogen) atoms. The monoisotopic (exact) mass is 415 g/mol. The number of halogens is 1. The molecule has 2 aromatic carbocycles. The Bertz CT molecular complexity index is 948. The molecule has 0 bridgehead atoms. The Kier molecular flexibility index (Phi) is 6.63. The molecule has 0 aliphatic carbocycles. The Morgan fingerprint density at radius 3 is 2.47 bits per heavy atom. The fraction of sp³-hybridized carbons (Fsp3) is 0.286. The Balaban J connectivity index is 1.55. The minimum Gasteiger partial charge on any atom is -0.493 e. The van der Waals surface area contributed by atoms with Gasteiger partial charge in [0.2, 0.25) is 11.8 Å². The van der Waals surface area contributed by atoms with Crippen molar-refractivity contribution in [2.45, 2.75) is 18.9 Å². The summed E-state index contributed by atoms with van der Waals surface area (Å²) in [7, 11) is 3.08. The summed E-state index contributed by atoms with van der Waals surface area (Å²) in [6.45, 7) is 0.206. The fourth-order valence-corrected chi connectivity index (χ4v) is 3.13. The molecule has 3 rings (SSSR count). The maximum absolute atomic E-state index is 12.9. The van der Waals surface area contributed by atoms with Crippen LogP contribution in [0.15, 0.2) is 42.5 Å². The zero-order chi connectivity index (χ0) is 21.7. The van der Waals surface area contributed by atoms with E-state index in [2.05, 4.69) is 10.9 Å². The summed E-state index contributed by atoms with van der Waals surface area (Å²) in [5.41, 5.74) is 6.10. The summed E-state index contributed by atoms with van der Waals surface area (Å²) >= 11 is 0. The van der Waals surface area contributed by atoms with Crippen LogP contribution in [0.2, 0.25) is 0 Å². The Morgan fingerprint density at radius 1 is 1.10 bits per heavy atom. The zero-order valence-electron chi connectivity index (χ0n) is 16.6. The highest BCUT2D eigenvalue weighted by atomic mass is 19.1. The molecule has 1 heterocycles. The molecule has 9 heteroatoms. The lowest BCUT2D eigenvalue weighted by atomic mass is 10.1. The number of carbonyl (C=O) groups is 3. The van der Waals surface area contributed by atoms with Gasteiger partial charge in [-0.15, -0.1) is 0 Å². The number of nitrogens with one attached hydrogen (secondary N) is 2. The van der Waals surface area contributed by atoms with Crippen LogP contribution in [0.1, 0.15) is 22.3 Å². The normalized spacial score (nSPS) is 16.0. The second-order valence-electron chi connectivity index (χ2n) is 6.69. The number of nitrogens with zero attached hydrogens (tertiary/aromatic N) is 1. The van der Waals surface area contributed by atoms with E-state index in [-0.39, 0.29) is 24.4 Å². The number of carbonyl (C=O) groups excluding carboxylic acids is 3. The third-order valence-electron chi connectivity index (χ3n) is 4.78. The van der Waals surface area contributed by atoms with Gasteiger partial charge in [-0.1, -0.05) is 6.07 Å². The number of amides is 3. The highest BCUT2D eigenvalue weighted by Gasteiger charge is 2.38. The molecule has 1 fully saturated rings. The summed E-state index contributed by atoms with van der Waals surface area (Å²) in [6.07, 6.45) is 0.390. The van der Waals surface area contributed by atoms with Crippen molar-refractivity contribution in [2.24, 2.45) is 0 Å². The molecule has 0 aromatic heterocycles. The number of imide groups is 1. The van der Waals surface area contributed by atoms with Gasteiger partial charge in [-0.25, -0.2) is 9.82 Å². The largest absolute Gasteiger partial charge is 0.493 e. The van der Waals surface area contributed by atoms with Gasteiger partial charge < -0.3 is 9.47 Å². The van der Waals surface area contributed by atoms with E-state index >= 15 is 0 Å². The van der Waals surface area contributed by atoms with E-state index in [1.807, 2.05) is 6.07 Å². The van der Waals surface area contributed by atoms with Crippen LogP contribution in [0.4, 0.5) is 4.39 Å². The maximum Gasteiger partial charge on any atom is 0.265 e. The highest BCUT2D eigenvalue weighted by Crippen LogP contribution is 2.28. The van der Waals surface area contributed by atoms with E-state index in [0.29, 0.717) is 17.9 Å². The Hall–Kier alpha value is -3.46. The average molecular weight is 415 g/mol. The van der Waals surface area contributed by atoms with Crippen molar-refractivity contribution in [3.8, 4) is 11.5 Å². The lowest BCUT2D eigenvalue weighted by molar-refractivity contribution is -0.138. The number of hydrogen-bond donors (Lipinski definition) is 2. The molecule has 1 atom stereocenters. The van der Waals surface area contributed by atoms with Crippen molar-refractivity contribution >= 4 is 17.7 Å². The van der Waals surface area contributed by atoms with Gasteiger partial charge in [-0.05, 0) is 48.4 Å². The first-order valence-electron chi connectivity index (χ1n) is 9.29. The quantitative estimate of drug-likeness (QED) is 0.500. The fourth-order valence-electron chi connectivity index (χ4n) is 3.13. The summed E-state index contributed by atoms with van der Waals surface area (Å²) in [5.74, 6) is -0.568. The molecule has 1 aliphatic rings. The zero-order valence-corrected chi connectivity index (χ0v) is 16.6. The van der Waals surface area contributed by atoms with Gasteiger partial charge >= 0.3 is 0 Å². The second-order valence-corrected chi connectivity index (χ2v) is 6.69. The summed E-state index contributed by atoms with van der Waals surface area (Å²) in [6, 6.07) is 9.51. The van der Waals surface area contributed by atoms with Crippen LogP contribution in [0.5, 0.6) is 11.5 Å². The van der Waals surface area contributed by atoms with Crippen LogP contribution < -0.4 is 20.3 Å². The molecule has 0 unspecified atom stereocenters. The summed E-state index contributed by atoms with van der Waals surface area (Å²) in [5, 5.41) is 0. The first-order chi connectivity index (χ1) is 14.4. The minimum atomic E-state index is -0.854. The molecular formula is C21H22FN3O5.